The summed E-state index contributed by atoms with van der Waals surface area (Å²) in [5, 5.41) is 11.7. The lowest BCUT2D eigenvalue weighted by atomic mass is 9.90. The molecule has 0 saturated carbocycles. The minimum Gasteiger partial charge on any atom is -0.478 e. The Bertz CT molecular complexity index is 536. The van der Waals surface area contributed by atoms with E-state index >= 15 is 0 Å². The summed E-state index contributed by atoms with van der Waals surface area (Å²) in [5.41, 5.74) is 0.638. The second-order valence-corrected chi connectivity index (χ2v) is 5.43. The Morgan fingerprint density at radius 1 is 1.50 bits per heavy atom. The van der Waals surface area contributed by atoms with Gasteiger partial charge in [-0.25, -0.2) is 9.78 Å². The Hall–Kier alpha value is -1.95. The van der Waals surface area contributed by atoms with E-state index in [0.717, 1.165) is 13.0 Å². The summed E-state index contributed by atoms with van der Waals surface area (Å²) >= 11 is 0. The average molecular weight is 278 g/mol. The van der Waals surface area contributed by atoms with Gasteiger partial charge in [0.15, 0.2) is 0 Å². The Labute approximate surface area is 117 Å². The molecule has 1 saturated heterocycles. The van der Waals surface area contributed by atoms with Crippen LogP contribution in [0.1, 0.15) is 39.9 Å². The molecule has 1 aliphatic rings. The molecular formula is C14H18N2O4. The number of hydrogen-bond acceptors (Lipinski definition) is 4. The predicted molar refractivity (Wildman–Crippen MR) is 71.8 cm³/mol. The first-order valence-electron chi connectivity index (χ1n) is 6.48. The topological polar surface area (TPSA) is 88.5 Å². The lowest BCUT2D eigenvalue weighted by Gasteiger charge is -2.21. The van der Waals surface area contributed by atoms with Crippen molar-refractivity contribution in [2.75, 3.05) is 19.8 Å². The highest BCUT2D eigenvalue weighted by molar-refractivity contribution is 5.94. The summed E-state index contributed by atoms with van der Waals surface area (Å²) in [4.78, 5) is 26.9. The fraction of sp³-hybridized carbons (Fsp3) is 0.500. The molecule has 1 amide bonds. The van der Waals surface area contributed by atoms with E-state index in [9.17, 15) is 9.59 Å². The van der Waals surface area contributed by atoms with E-state index in [1.165, 1.54) is 12.1 Å². The summed E-state index contributed by atoms with van der Waals surface area (Å²) < 4.78 is 5.33. The van der Waals surface area contributed by atoms with Gasteiger partial charge in [-0.05, 0) is 25.5 Å². The first kappa shape index (κ1) is 14.5. The van der Waals surface area contributed by atoms with Crippen LogP contribution in [0.15, 0.2) is 12.1 Å². The number of aromatic carboxylic acids is 1. The fourth-order valence-corrected chi connectivity index (χ4v) is 2.15. The van der Waals surface area contributed by atoms with E-state index in [2.05, 4.69) is 17.2 Å². The molecule has 1 aliphatic heterocycles. The number of nitrogens with zero attached hydrogens (tertiary/aromatic N) is 1. The molecule has 20 heavy (non-hydrogen) atoms. The molecule has 2 rings (SSSR count). The maximum absolute atomic E-state index is 12.0. The van der Waals surface area contributed by atoms with Gasteiger partial charge in [-0.15, -0.1) is 0 Å². The Balaban J connectivity index is 2.02. The van der Waals surface area contributed by atoms with E-state index in [1.54, 1.807) is 6.92 Å². The van der Waals surface area contributed by atoms with Crippen molar-refractivity contribution < 1.29 is 19.4 Å². The zero-order valence-electron chi connectivity index (χ0n) is 11.6. The highest BCUT2D eigenvalue weighted by Crippen LogP contribution is 2.26. The van der Waals surface area contributed by atoms with Crippen molar-refractivity contribution >= 4 is 11.9 Å². The summed E-state index contributed by atoms with van der Waals surface area (Å²) in [7, 11) is 0. The number of ether oxygens (including phenoxy) is 1. The Morgan fingerprint density at radius 3 is 2.80 bits per heavy atom. The number of carboxylic acids is 1. The van der Waals surface area contributed by atoms with Gasteiger partial charge in [-0.1, -0.05) is 6.92 Å². The van der Waals surface area contributed by atoms with Crippen LogP contribution in [0, 0.1) is 12.3 Å². The minimum atomic E-state index is -1.04. The molecule has 6 heteroatoms. The maximum atomic E-state index is 12.0. The molecule has 2 heterocycles. The van der Waals surface area contributed by atoms with Crippen molar-refractivity contribution in [3.05, 3.63) is 29.1 Å². The predicted octanol–water partition coefficient (Wildman–Crippen LogP) is 1.24. The van der Waals surface area contributed by atoms with Crippen LogP contribution in [-0.4, -0.2) is 41.7 Å². The zero-order chi connectivity index (χ0) is 14.8. The van der Waals surface area contributed by atoms with Crippen LogP contribution in [0.5, 0.6) is 0 Å². The molecule has 1 fully saturated rings. The Kier molecular flexibility index (Phi) is 4.04. The first-order valence-corrected chi connectivity index (χ1v) is 6.48. The number of amides is 1. The number of aromatic nitrogens is 1. The Morgan fingerprint density at radius 2 is 2.25 bits per heavy atom. The van der Waals surface area contributed by atoms with Gasteiger partial charge in [0.1, 0.15) is 5.69 Å². The summed E-state index contributed by atoms with van der Waals surface area (Å²) in [6, 6.07) is 2.83. The first-order chi connectivity index (χ1) is 9.41. The van der Waals surface area contributed by atoms with Gasteiger partial charge in [-0.2, -0.15) is 0 Å². The van der Waals surface area contributed by atoms with E-state index < -0.39 is 5.97 Å². The molecule has 1 aromatic rings. The third-order valence-electron chi connectivity index (χ3n) is 3.53. The highest BCUT2D eigenvalue weighted by Gasteiger charge is 2.30. The summed E-state index contributed by atoms with van der Waals surface area (Å²) in [5.74, 6) is -1.34. The van der Waals surface area contributed by atoms with Crippen molar-refractivity contribution in [3.63, 3.8) is 0 Å². The molecule has 0 spiro atoms. The highest BCUT2D eigenvalue weighted by atomic mass is 16.5. The smallest absolute Gasteiger partial charge is 0.337 e. The van der Waals surface area contributed by atoms with Gasteiger partial charge in [0.2, 0.25) is 0 Å². The molecule has 6 nitrogen and oxygen atoms in total. The number of carbonyl (C=O) groups is 2. The fourth-order valence-electron chi connectivity index (χ4n) is 2.15. The van der Waals surface area contributed by atoms with Gasteiger partial charge in [0.25, 0.3) is 5.91 Å². The van der Waals surface area contributed by atoms with Crippen LogP contribution in [0.25, 0.3) is 0 Å². The molecular weight excluding hydrogens is 260 g/mol. The molecule has 108 valence electrons. The van der Waals surface area contributed by atoms with Crippen LogP contribution in [0.4, 0.5) is 0 Å². The van der Waals surface area contributed by atoms with Gasteiger partial charge < -0.3 is 15.2 Å². The molecule has 1 aromatic heterocycles. The van der Waals surface area contributed by atoms with Crippen LogP contribution in [0.3, 0.4) is 0 Å². The molecule has 2 N–H and O–H groups in total. The molecule has 0 aliphatic carbocycles. The average Bonchev–Trinajstić information content (AvgIpc) is 2.83. The molecule has 0 radical (unpaired) electrons. The zero-order valence-corrected chi connectivity index (χ0v) is 11.6. The molecule has 1 unspecified atom stereocenters. The van der Waals surface area contributed by atoms with Crippen LogP contribution in [0.2, 0.25) is 0 Å². The molecule has 0 bridgehead atoms. The van der Waals surface area contributed by atoms with Crippen molar-refractivity contribution in [3.8, 4) is 0 Å². The monoisotopic (exact) mass is 278 g/mol. The number of aryl methyl sites for hydroxylation is 1. The van der Waals surface area contributed by atoms with Crippen molar-refractivity contribution in [1.29, 1.82) is 0 Å². The van der Waals surface area contributed by atoms with Crippen molar-refractivity contribution in [2.45, 2.75) is 20.3 Å². The van der Waals surface area contributed by atoms with Gasteiger partial charge in [-0.3, -0.25) is 4.79 Å². The van der Waals surface area contributed by atoms with Crippen LogP contribution in [-0.2, 0) is 4.74 Å². The number of rotatable bonds is 4. The lowest BCUT2D eigenvalue weighted by molar-refractivity contribution is 0.0694. The molecule has 0 aromatic carbocycles. The maximum Gasteiger partial charge on any atom is 0.337 e. The van der Waals surface area contributed by atoms with E-state index in [0.29, 0.717) is 18.8 Å². The second-order valence-electron chi connectivity index (χ2n) is 5.43. The van der Waals surface area contributed by atoms with E-state index in [-0.39, 0.29) is 22.6 Å². The van der Waals surface area contributed by atoms with Crippen LogP contribution >= 0.6 is 0 Å². The largest absolute Gasteiger partial charge is 0.478 e. The quantitative estimate of drug-likeness (QED) is 0.865. The van der Waals surface area contributed by atoms with Crippen LogP contribution < -0.4 is 5.32 Å². The number of hydrogen-bond donors (Lipinski definition) is 2. The second kappa shape index (κ2) is 5.58. The third kappa shape index (κ3) is 3.14. The molecule has 1 atom stereocenters. The number of carbonyl (C=O) groups excluding carboxylic acids is 1. The number of nitrogens with one attached hydrogen (secondary N) is 1. The van der Waals surface area contributed by atoms with Crippen molar-refractivity contribution in [2.24, 2.45) is 5.41 Å². The number of pyridine rings is 1. The van der Waals surface area contributed by atoms with Gasteiger partial charge in [0, 0.05) is 18.6 Å². The third-order valence-corrected chi connectivity index (χ3v) is 3.53. The van der Waals surface area contributed by atoms with Gasteiger partial charge in [0.05, 0.1) is 17.9 Å². The normalized spacial score (nSPS) is 21.7. The standard InChI is InChI=1S/C14H18N2O4/c1-9-10(13(18)19)3-4-11(16-9)12(17)15-7-14(2)5-6-20-8-14/h3-4H,5-8H2,1-2H3,(H,15,17)(H,18,19). The minimum absolute atomic E-state index is 0.0360. The van der Waals surface area contributed by atoms with Crippen molar-refractivity contribution in [1.82, 2.24) is 10.3 Å². The van der Waals surface area contributed by atoms with E-state index in [1.807, 2.05) is 0 Å². The summed E-state index contributed by atoms with van der Waals surface area (Å²) in [6.45, 7) is 5.51. The van der Waals surface area contributed by atoms with Gasteiger partial charge >= 0.3 is 5.97 Å². The SMILES string of the molecule is Cc1nc(C(=O)NCC2(C)CCOC2)ccc1C(=O)O. The lowest BCUT2D eigenvalue weighted by Crippen LogP contribution is -2.36. The van der Waals surface area contributed by atoms with E-state index in [4.69, 9.17) is 9.84 Å². The summed E-state index contributed by atoms with van der Waals surface area (Å²) in [6.07, 6.45) is 0.914. The number of carboxylic acid groups (broad SMARTS) is 1.